The lowest BCUT2D eigenvalue weighted by Crippen LogP contribution is -2.42. The third-order valence-electron chi connectivity index (χ3n) is 6.76. The third kappa shape index (κ3) is 4.56. The zero-order valence-corrected chi connectivity index (χ0v) is 17.0. The van der Waals surface area contributed by atoms with Crippen LogP contribution < -0.4 is 5.32 Å². The van der Waals surface area contributed by atoms with E-state index in [2.05, 4.69) is 10.2 Å². The minimum Gasteiger partial charge on any atom is -0.508 e. The van der Waals surface area contributed by atoms with Gasteiger partial charge in [0.2, 0.25) is 5.91 Å². The van der Waals surface area contributed by atoms with Crippen LogP contribution in [0.4, 0.5) is 0 Å². The molecular weight excluding hydrogens is 370 g/mol. The number of likely N-dealkylation sites (N-methyl/N-ethyl adjacent to an activating group) is 1. The van der Waals surface area contributed by atoms with Gasteiger partial charge in [0.1, 0.15) is 5.75 Å². The van der Waals surface area contributed by atoms with E-state index >= 15 is 0 Å². The first kappa shape index (κ1) is 20.2. The Morgan fingerprint density at radius 3 is 2.48 bits per heavy atom. The van der Waals surface area contributed by atoms with Crippen LogP contribution in [0.2, 0.25) is 0 Å². The predicted molar refractivity (Wildman–Crippen MR) is 108 cm³/mol. The number of benzene rings is 1. The Hall–Kier alpha value is -2.12. The van der Waals surface area contributed by atoms with Gasteiger partial charge in [-0.05, 0) is 62.8 Å². The molecule has 5 atom stereocenters. The maximum absolute atomic E-state index is 13.1. The molecule has 7 nitrogen and oxygen atoms in total. The van der Waals surface area contributed by atoms with Crippen molar-refractivity contribution in [3.05, 3.63) is 29.8 Å². The standard InChI is InChI=1S/C22H31N3O4/c1-24-10-15(22(29)25-11-16-8-20(27)9-17(16)12-25)5-6-18(13-24)23-21(28)14-3-2-4-19(26)7-14/h2-4,7,15-18,20,26-27H,5-6,8-13H2,1H3,(H,23,28)/t15-,16-,17+,18+,20?/m1/s1. The van der Waals surface area contributed by atoms with Crippen LogP contribution in [0.25, 0.3) is 0 Å². The van der Waals surface area contributed by atoms with Gasteiger partial charge in [-0.25, -0.2) is 0 Å². The van der Waals surface area contributed by atoms with Crippen LogP contribution in [0.3, 0.4) is 0 Å². The second kappa shape index (κ2) is 8.32. The van der Waals surface area contributed by atoms with Gasteiger partial charge in [0.05, 0.1) is 12.0 Å². The molecular formula is C22H31N3O4. The number of nitrogens with zero attached hydrogens (tertiary/aromatic N) is 2. The Kier molecular flexibility index (Phi) is 5.79. The quantitative estimate of drug-likeness (QED) is 0.704. The van der Waals surface area contributed by atoms with Crippen LogP contribution in [0, 0.1) is 17.8 Å². The van der Waals surface area contributed by atoms with E-state index in [1.807, 2.05) is 11.9 Å². The highest BCUT2D eigenvalue weighted by Crippen LogP contribution is 2.38. The van der Waals surface area contributed by atoms with E-state index < -0.39 is 0 Å². The summed E-state index contributed by atoms with van der Waals surface area (Å²) in [5.74, 6) is 0.949. The molecule has 3 N–H and O–H groups in total. The highest BCUT2D eigenvalue weighted by molar-refractivity contribution is 5.94. The van der Waals surface area contributed by atoms with Crippen LogP contribution in [-0.4, -0.2) is 77.2 Å². The summed E-state index contributed by atoms with van der Waals surface area (Å²) in [4.78, 5) is 29.8. The van der Waals surface area contributed by atoms with Crippen molar-refractivity contribution in [1.29, 1.82) is 0 Å². The van der Waals surface area contributed by atoms with Crippen LogP contribution in [0.5, 0.6) is 5.75 Å². The summed E-state index contributed by atoms with van der Waals surface area (Å²) in [5.41, 5.74) is 0.440. The number of nitrogens with one attached hydrogen (secondary N) is 1. The summed E-state index contributed by atoms with van der Waals surface area (Å²) in [6, 6.07) is 6.31. The monoisotopic (exact) mass is 401 g/mol. The van der Waals surface area contributed by atoms with Crippen molar-refractivity contribution < 1.29 is 19.8 Å². The number of fused-ring (bicyclic) bond motifs is 1. The largest absolute Gasteiger partial charge is 0.508 e. The highest BCUT2D eigenvalue weighted by Gasteiger charge is 2.43. The SMILES string of the molecule is CN1C[C@@H](NC(=O)c2cccc(O)c2)CC[C@@H](C(=O)N2C[C@H]3CC(O)C[C@H]3C2)C1. The summed E-state index contributed by atoms with van der Waals surface area (Å²) >= 11 is 0. The van der Waals surface area contributed by atoms with Gasteiger partial charge in [0, 0.05) is 37.8 Å². The fourth-order valence-corrected chi connectivity index (χ4v) is 5.35. The molecule has 29 heavy (non-hydrogen) atoms. The van der Waals surface area contributed by atoms with E-state index in [1.165, 1.54) is 6.07 Å². The average Bonchev–Trinajstić information content (AvgIpc) is 3.15. The Morgan fingerprint density at radius 2 is 1.79 bits per heavy atom. The zero-order valence-electron chi connectivity index (χ0n) is 17.0. The normalized spacial score (nSPS) is 32.6. The number of phenolic OH excluding ortho intramolecular Hbond substituents is 1. The van der Waals surface area contributed by atoms with Crippen LogP contribution in [-0.2, 0) is 4.79 Å². The average molecular weight is 402 g/mol. The number of aliphatic hydroxyl groups is 1. The summed E-state index contributed by atoms with van der Waals surface area (Å²) < 4.78 is 0. The molecule has 3 fully saturated rings. The molecule has 1 saturated carbocycles. The summed E-state index contributed by atoms with van der Waals surface area (Å²) in [5, 5.41) is 22.5. The number of aromatic hydroxyl groups is 1. The smallest absolute Gasteiger partial charge is 0.251 e. The van der Waals surface area contributed by atoms with Crippen molar-refractivity contribution in [2.45, 2.75) is 37.8 Å². The molecule has 2 amide bonds. The number of aliphatic hydroxyl groups excluding tert-OH is 1. The number of likely N-dealkylation sites (tertiary alicyclic amines) is 2. The lowest BCUT2D eigenvalue weighted by atomic mass is 10.00. The van der Waals surface area contributed by atoms with E-state index in [0.717, 1.165) is 38.8 Å². The lowest BCUT2D eigenvalue weighted by molar-refractivity contribution is -0.135. The Morgan fingerprint density at radius 1 is 1.07 bits per heavy atom. The van der Waals surface area contributed by atoms with E-state index in [-0.39, 0.29) is 35.6 Å². The predicted octanol–water partition coefficient (Wildman–Crippen LogP) is 1.06. The van der Waals surface area contributed by atoms with Crippen molar-refractivity contribution in [2.75, 3.05) is 33.2 Å². The second-order valence-corrected chi connectivity index (χ2v) is 9.10. The first-order valence-corrected chi connectivity index (χ1v) is 10.6. The number of carbonyl (C=O) groups is 2. The molecule has 2 aliphatic heterocycles. The molecule has 4 rings (SSSR count). The van der Waals surface area contributed by atoms with Gasteiger partial charge in [0.25, 0.3) is 5.91 Å². The molecule has 3 aliphatic rings. The number of carbonyl (C=O) groups excluding carboxylic acids is 2. The van der Waals surface area contributed by atoms with Crippen molar-refractivity contribution in [3.63, 3.8) is 0 Å². The molecule has 7 heteroatoms. The molecule has 0 bridgehead atoms. The number of hydrogen-bond donors (Lipinski definition) is 3. The van der Waals surface area contributed by atoms with Gasteiger partial charge in [0.15, 0.2) is 0 Å². The van der Waals surface area contributed by atoms with E-state index in [9.17, 15) is 19.8 Å². The van der Waals surface area contributed by atoms with Gasteiger partial charge >= 0.3 is 0 Å². The van der Waals surface area contributed by atoms with E-state index in [0.29, 0.717) is 30.5 Å². The minimum absolute atomic E-state index is 0.0271. The fourth-order valence-electron chi connectivity index (χ4n) is 5.35. The minimum atomic E-state index is -0.199. The molecule has 1 aromatic rings. The van der Waals surface area contributed by atoms with Gasteiger partial charge < -0.3 is 25.3 Å². The Labute approximate surface area is 171 Å². The van der Waals surface area contributed by atoms with Crippen LogP contribution in [0.15, 0.2) is 24.3 Å². The number of amides is 2. The lowest BCUT2D eigenvalue weighted by Gasteiger charge is -2.25. The maximum atomic E-state index is 13.1. The van der Waals surface area contributed by atoms with E-state index in [1.54, 1.807) is 18.2 Å². The van der Waals surface area contributed by atoms with Crippen LogP contribution >= 0.6 is 0 Å². The second-order valence-electron chi connectivity index (χ2n) is 9.10. The van der Waals surface area contributed by atoms with Gasteiger partial charge in [-0.1, -0.05) is 6.07 Å². The fraction of sp³-hybridized carbons (Fsp3) is 0.636. The summed E-state index contributed by atoms with van der Waals surface area (Å²) in [6.07, 6.45) is 2.96. The topological polar surface area (TPSA) is 93.1 Å². The van der Waals surface area contributed by atoms with Gasteiger partial charge in [-0.3, -0.25) is 9.59 Å². The first-order valence-electron chi connectivity index (χ1n) is 10.6. The molecule has 2 heterocycles. The molecule has 158 valence electrons. The number of rotatable bonds is 3. The van der Waals surface area contributed by atoms with Crippen molar-refractivity contribution in [3.8, 4) is 5.75 Å². The Balaban J connectivity index is 1.33. The molecule has 0 radical (unpaired) electrons. The third-order valence-corrected chi connectivity index (χ3v) is 6.76. The van der Waals surface area contributed by atoms with Crippen molar-refractivity contribution >= 4 is 11.8 Å². The van der Waals surface area contributed by atoms with Gasteiger partial charge in [-0.2, -0.15) is 0 Å². The molecule has 1 unspecified atom stereocenters. The molecule has 1 aliphatic carbocycles. The molecule has 1 aromatic carbocycles. The van der Waals surface area contributed by atoms with E-state index in [4.69, 9.17) is 0 Å². The molecule has 0 spiro atoms. The molecule has 2 saturated heterocycles. The van der Waals surface area contributed by atoms with Crippen LogP contribution in [0.1, 0.15) is 36.0 Å². The summed E-state index contributed by atoms with van der Waals surface area (Å²) in [6.45, 7) is 2.95. The maximum Gasteiger partial charge on any atom is 0.251 e. The summed E-state index contributed by atoms with van der Waals surface area (Å²) in [7, 11) is 1.99. The highest BCUT2D eigenvalue weighted by atomic mass is 16.3. The Bertz CT molecular complexity index is 756. The number of hydrogen-bond acceptors (Lipinski definition) is 5. The molecule has 0 aromatic heterocycles. The zero-order chi connectivity index (χ0) is 20.5. The van der Waals surface area contributed by atoms with Crippen molar-refractivity contribution in [1.82, 2.24) is 15.1 Å². The van der Waals surface area contributed by atoms with Gasteiger partial charge in [-0.15, -0.1) is 0 Å². The number of phenols is 1. The first-order chi connectivity index (χ1) is 13.9. The van der Waals surface area contributed by atoms with Crippen molar-refractivity contribution in [2.24, 2.45) is 17.8 Å².